The van der Waals surface area contributed by atoms with E-state index in [1.165, 1.54) is 31.8 Å². The van der Waals surface area contributed by atoms with E-state index in [0.29, 0.717) is 33.9 Å². The fourth-order valence-electron chi connectivity index (χ4n) is 3.90. The van der Waals surface area contributed by atoms with Gasteiger partial charge in [-0.1, -0.05) is 0 Å². The molecule has 0 fully saturated rings. The molecule has 5 aromatic rings. The standard InChI is InChI=1S/C28H25F3N8O5/c1-15(2)43-22-9-19-18(8-21(22)41-3)20(6-7-33-19)44-17-4-5-24(34-12-17)37-26(40)25-23(42-14-28(29,30)31)13-39(38-25)16-10-35-27(32)36-11-16/h4-13,15H,14H2,1-3H3,(H2,32,35,36)(H,34,37,40). The number of aromatic nitrogens is 6. The number of nitrogen functional groups attached to an aromatic ring is 1. The number of pyridine rings is 2. The number of carbonyl (C=O) groups is 1. The zero-order valence-electron chi connectivity index (χ0n) is 23.5. The third-order valence-electron chi connectivity index (χ3n) is 5.77. The Labute approximate surface area is 247 Å². The second-order valence-corrected chi connectivity index (χ2v) is 9.42. The fourth-order valence-corrected chi connectivity index (χ4v) is 3.90. The Hall–Kier alpha value is -5.67. The van der Waals surface area contributed by atoms with Gasteiger partial charge < -0.3 is 30.0 Å². The second kappa shape index (κ2) is 12.3. The van der Waals surface area contributed by atoms with Crippen molar-refractivity contribution in [2.24, 2.45) is 0 Å². The molecule has 0 unspecified atom stereocenters. The van der Waals surface area contributed by atoms with Crippen LogP contribution in [0.4, 0.5) is 24.9 Å². The molecule has 5 rings (SSSR count). The minimum Gasteiger partial charge on any atom is -0.493 e. The molecule has 0 aliphatic heterocycles. The molecule has 0 saturated carbocycles. The van der Waals surface area contributed by atoms with E-state index in [9.17, 15) is 18.0 Å². The molecule has 44 heavy (non-hydrogen) atoms. The van der Waals surface area contributed by atoms with Gasteiger partial charge in [0.1, 0.15) is 23.0 Å². The van der Waals surface area contributed by atoms with Gasteiger partial charge in [-0.3, -0.25) is 9.78 Å². The molecular formula is C28H25F3N8O5. The van der Waals surface area contributed by atoms with Crippen LogP contribution in [-0.4, -0.2) is 61.6 Å². The number of anilines is 2. The predicted octanol–water partition coefficient (Wildman–Crippen LogP) is 4.97. The van der Waals surface area contributed by atoms with Gasteiger partial charge in [-0.2, -0.15) is 18.3 Å². The molecule has 0 bridgehead atoms. The number of nitrogens with one attached hydrogen (secondary N) is 1. The molecule has 4 heterocycles. The largest absolute Gasteiger partial charge is 0.493 e. The number of halogens is 3. The van der Waals surface area contributed by atoms with E-state index < -0.39 is 30.1 Å². The van der Waals surface area contributed by atoms with Crippen LogP contribution in [0.2, 0.25) is 0 Å². The summed E-state index contributed by atoms with van der Waals surface area (Å²) in [5.41, 5.74) is 5.91. The highest BCUT2D eigenvalue weighted by molar-refractivity contribution is 6.04. The highest BCUT2D eigenvalue weighted by Crippen LogP contribution is 2.37. The Morgan fingerprint density at radius 3 is 2.43 bits per heavy atom. The minimum absolute atomic E-state index is 0.0202. The van der Waals surface area contributed by atoms with Crippen molar-refractivity contribution in [1.29, 1.82) is 0 Å². The van der Waals surface area contributed by atoms with Crippen molar-refractivity contribution in [3.63, 3.8) is 0 Å². The number of methoxy groups -OCH3 is 1. The summed E-state index contributed by atoms with van der Waals surface area (Å²) in [6.45, 7) is 2.17. The van der Waals surface area contributed by atoms with Gasteiger partial charge in [-0.15, -0.1) is 0 Å². The van der Waals surface area contributed by atoms with Crippen molar-refractivity contribution in [2.45, 2.75) is 26.1 Å². The number of nitrogens with zero attached hydrogens (tertiary/aromatic N) is 6. The lowest BCUT2D eigenvalue weighted by Crippen LogP contribution is -2.21. The molecule has 0 radical (unpaired) electrons. The average Bonchev–Trinajstić information content (AvgIpc) is 3.41. The van der Waals surface area contributed by atoms with Crippen LogP contribution in [0.5, 0.6) is 28.7 Å². The first-order valence-electron chi connectivity index (χ1n) is 12.9. The second-order valence-electron chi connectivity index (χ2n) is 9.42. The van der Waals surface area contributed by atoms with E-state index in [0.717, 1.165) is 10.9 Å². The van der Waals surface area contributed by atoms with Gasteiger partial charge >= 0.3 is 6.18 Å². The number of benzene rings is 1. The van der Waals surface area contributed by atoms with Gasteiger partial charge in [-0.25, -0.2) is 19.6 Å². The van der Waals surface area contributed by atoms with Crippen LogP contribution in [0.25, 0.3) is 16.6 Å². The molecule has 1 aromatic carbocycles. The summed E-state index contributed by atoms with van der Waals surface area (Å²) in [6.07, 6.45) is 1.90. The molecule has 228 valence electrons. The van der Waals surface area contributed by atoms with Crippen LogP contribution in [0, 0.1) is 0 Å². The molecule has 0 aliphatic rings. The Balaban J connectivity index is 1.35. The number of rotatable bonds is 10. The van der Waals surface area contributed by atoms with Gasteiger partial charge in [-0.05, 0) is 38.1 Å². The molecule has 0 spiro atoms. The highest BCUT2D eigenvalue weighted by atomic mass is 19.4. The summed E-state index contributed by atoms with van der Waals surface area (Å²) in [4.78, 5) is 29.2. The maximum Gasteiger partial charge on any atom is 0.422 e. The van der Waals surface area contributed by atoms with Gasteiger partial charge in [0.05, 0.1) is 43.5 Å². The van der Waals surface area contributed by atoms with Crippen molar-refractivity contribution in [3.05, 3.63) is 67.0 Å². The molecule has 3 N–H and O–H groups in total. The number of amides is 1. The lowest BCUT2D eigenvalue weighted by atomic mass is 10.1. The number of hydrogen-bond donors (Lipinski definition) is 2. The van der Waals surface area contributed by atoms with Crippen LogP contribution < -0.4 is 30.0 Å². The molecule has 1 amide bonds. The van der Waals surface area contributed by atoms with Crippen LogP contribution in [0.15, 0.2) is 61.3 Å². The lowest BCUT2D eigenvalue weighted by Gasteiger charge is -2.15. The number of fused-ring (bicyclic) bond motifs is 1. The lowest BCUT2D eigenvalue weighted by molar-refractivity contribution is -0.153. The van der Waals surface area contributed by atoms with E-state index in [-0.39, 0.29) is 23.6 Å². The maximum atomic E-state index is 13.0. The van der Waals surface area contributed by atoms with Crippen LogP contribution in [0.3, 0.4) is 0 Å². The predicted molar refractivity (Wildman–Crippen MR) is 151 cm³/mol. The molecular weight excluding hydrogens is 585 g/mol. The summed E-state index contributed by atoms with van der Waals surface area (Å²) < 4.78 is 61.8. The molecule has 0 aliphatic carbocycles. The van der Waals surface area contributed by atoms with Crippen molar-refractivity contribution in [1.82, 2.24) is 29.7 Å². The zero-order chi connectivity index (χ0) is 31.4. The van der Waals surface area contributed by atoms with Gasteiger partial charge in [0.15, 0.2) is 29.5 Å². The fraction of sp³-hybridized carbons (Fsp3) is 0.214. The summed E-state index contributed by atoms with van der Waals surface area (Å²) >= 11 is 0. The number of ether oxygens (including phenoxy) is 4. The van der Waals surface area contributed by atoms with Crippen molar-refractivity contribution >= 4 is 28.6 Å². The molecule has 4 aromatic heterocycles. The number of carbonyl (C=O) groups excluding carboxylic acids is 1. The van der Waals surface area contributed by atoms with Crippen LogP contribution in [0.1, 0.15) is 24.3 Å². The molecule has 0 saturated heterocycles. The van der Waals surface area contributed by atoms with E-state index in [4.69, 9.17) is 24.7 Å². The van der Waals surface area contributed by atoms with E-state index in [2.05, 4.69) is 30.4 Å². The highest BCUT2D eigenvalue weighted by Gasteiger charge is 2.30. The van der Waals surface area contributed by atoms with Gasteiger partial charge in [0, 0.05) is 17.6 Å². The number of hydrogen-bond acceptors (Lipinski definition) is 11. The average molecular weight is 611 g/mol. The summed E-state index contributed by atoms with van der Waals surface area (Å²) in [6, 6.07) is 8.18. The first-order valence-corrected chi connectivity index (χ1v) is 12.9. The third kappa shape index (κ3) is 7.03. The maximum absolute atomic E-state index is 13.0. The number of nitrogens with two attached hydrogens (primary N) is 1. The first-order chi connectivity index (χ1) is 21.0. The topological polar surface area (TPSA) is 161 Å². The monoisotopic (exact) mass is 610 g/mol. The van der Waals surface area contributed by atoms with E-state index in [1.807, 2.05) is 13.8 Å². The van der Waals surface area contributed by atoms with Crippen molar-refractivity contribution in [3.8, 4) is 34.4 Å². The third-order valence-corrected chi connectivity index (χ3v) is 5.77. The Morgan fingerprint density at radius 1 is 1.00 bits per heavy atom. The molecule has 13 nitrogen and oxygen atoms in total. The van der Waals surface area contributed by atoms with Crippen molar-refractivity contribution in [2.75, 3.05) is 24.8 Å². The number of alkyl halides is 3. The summed E-state index contributed by atoms with van der Waals surface area (Å²) in [7, 11) is 1.53. The quantitative estimate of drug-likeness (QED) is 0.220. The zero-order valence-corrected chi connectivity index (χ0v) is 23.5. The normalized spacial score (nSPS) is 11.4. The minimum atomic E-state index is -4.65. The van der Waals surface area contributed by atoms with Crippen LogP contribution in [-0.2, 0) is 0 Å². The Morgan fingerprint density at radius 2 is 1.77 bits per heavy atom. The SMILES string of the molecule is COc1cc2c(Oc3ccc(NC(=O)c4nn(-c5cnc(N)nc5)cc4OCC(F)(F)F)nc3)ccnc2cc1OC(C)C. The van der Waals surface area contributed by atoms with E-state index >= 15 is 0 Å². The van der Waals surface area contributed by atoms with Gasteiger partial charge in [0.25, 0.3) is 5.91 Å². The summed E-state index contributed by atoms with van der Waals surface area (Å²) in [5, 5.41) is 7.21. The molecule has 16 heteroatoms. The first kappa shape index (κ1) is 29.8. The van der Waals surface area contributed by atoms with Crippen LogP contribution >= 0.6 is 0 Å². The summed E-state index contributed by atoms with van der Waals surface area (Å²) in [5.74, 6) is 0.610. The Bertz CT molecular complexity index is 1780. The van der Waals surface area contributed by atoms with Crippen molar-refractivity contribution < 1.29 is 36.9 Å². The van der Waals surface area contributed by atoms with Gasteiger partial charge in [0.2, 0.25) is 5.95 Å². The molecule has 0 atom stereocenters. The smallest absolute Gasteiger partial charge is 0.422 e. The Kier molecular flexibility index (Phi) is 8.32. The van der Waals surface area contributed by atoms with E-state index in [1.54, 1.807) is 30.5 Å².